The molecular formula is C16H20IN3O. The predicted molar refractivity (Wildman–Crippen MR) is 93.9 cm³/mol. The van der Waals surface area contributed by atoms with E-state index < -0.39 is 5.60 Å². The van der Waals surface area contributed by atoms with Gasteiger partial charge in [-0.1, -0.05) is 37.3 Å². The second kappa shape index (κ2) is 6.70. The Labute approximate surface area is 139 Å². The zero-order chi connectivity index (χ0) is 15.5. The van der Waals surface area contributed by atoms with E-state index in [4.69, 9.17) is 15.5 Å². The Bertz CT molecular complexity index is 618. The van der Waals surface area contributed by atoms with E-state index in [1.165, 1.54) is 0 Å². The average molecular weight is 397 g/mol. The second-order valence-electron chi connectivity index (χ2n) is 4.98. The Morgan fingerprint density at radius 2 is 1.86 bits per heavy atom. The molecule has 0 amide bonds. The SMILES string of the molecule is CCOC(C)(CC)c1nc(N)c(I)c(-c2ccccc2)n1. The van der Waals surface area contributed by atoms with Crippen LogP contribution in [0.1, 0.15) is 33.0 Å². The van der Waals surface area contributed by atoms with E-state index >= 15 is 0 Å². The lowest BCUT2D eigenvalue weighted by Gasteiger charge is -2.27. The minimum Gasteiger partial charge on any atom is -0.383 e. The van der Waals surface area contributed by atoms with Gasteiger partial charge in [-0.05, 0) is 42.9 Å². The van der Waals surface area contributed by atoms with E-state index in [9.17, 15) is 0 Å². The fourth-order valence-corrected chi connectivity index (χ4v) is 2.68. The van der Waals surface area contributed by atoms with Gasteiger partial charge >= 0.3 is 0 Å². The lowest BCUT2D eigenvalue weighted by Crippen LogP contribution is -2.28. The Morgan fingerprint density at radius 1 is 1.19 bits per heavy atom. The molecule has 1 aromatic heterocycles. The highest BCUT2D eigenvalue weighted by Gasteiger charge is 2.30. The molecule has 0 aliphatic rings. The van der Waals surface area contributed by atoms with E-state index in [-0.39, 0.29) is 0 Å². The minimum atomic E-state index is -0.517. The van der Waals surface area contributed by atoms with Gasteiger partial charge in [0.2, 0.25) is 0 Å². The highest BCUT2D eigenvalue weighted by molar-refractivity contribution is 14.1. The van der Waals surface area contributed by atoms with Crippen LogP contribution in [0, 0.1) is 3.57 Å². The van der Waals surface area contributed by atoms with E-state index in [1.807, 2.05) is 44.2 Å². The van der Waals surface area contributed by atoms with Gasteiger partial charge in [0.1, 0.15) is 11.4 Å². The summed E-state index contributed by atoms with van der Waals surface area (Å²) in [6.07, 6.45) is 0.787. The fourth-order valence-electron chi connectivity index (χ4n) is 2.13. The van der Waals surface area contributed by atoms with Crippen LogP contribution < -0.4 is 5.73 Å². The number of hydrogen-bond acceptors (Lipinski definition) is 4. The average Bonchev–Trinajstić information content (AvgIpc) is 2.50. The van der Waals surface area contributed by atoms with E-state index in [1.54, 1.807) is 0 Å². The lowest BCUT2D eigenvalue weighted by molar-refractivity contribution is -0.0388. The molecule has 4 nitrogen and oxygen atoms in total. The molecule has 1 unspecified atom stereocenters. The normalized spacial score (nSPS) is 13.9. The lowest BCUT2D eigenvalue weighted by atomic mass is 10.0. The molecule has 2 rings (SSSR count). The zero-order valence-corrected chi connectivity index (χ0v) is 14.7. The number of ether oxygens (including phenoxy) is 1. The molecule has 5 heteroatoms. The molecule has 0 saturated heterocycles. The van der Waals surface area contributed by atoms with Crippen LogP contribution in [-0.4, -0.2) is 16.6 Å². The molecule has 2 N–H and O–H groups in total. The molecule has 2 aromatic rings. The third kappa shape index (κ3) is 3.35. The molecule has 0 bridgehead atoms. The van der Waals surface area contributed by atoms with Crippen LogP contribution in [0.5, 0.6) is 0 Å². The van der Waals surface area contributed by atoms with E-state index in [0.29, 0.717) is 18.2 Å². The minimum absolute atomic E-state index is 0.499. The van der Waals surface area contributed by atoms with Gasteiger partial charge in [0.05, 0.1) is 9.26 Å². The third-order valence-corrected chi connectivity index (χ3v) is 4.60. The topological polar surface area (TPSA) is 61.0 Å². The Kier molecular flexibility index (Phi) is 5.16. The summed E-state index contributed by atoms with van der Waals surface area (Å²) in [7, 11) is 0. The van der Waals surface area contributed by atoms with Crippen LogP contribution in [-0.2, 0) is 10.3 Å². The molecule has 1 aromatic carbocycles. The van der Waals surface area contributed by atoms with Gasteiger partial charge < -0.3 is 10.5 Å². The van der Waals surface area contributed by atoms with Crippen LogP contribution in [0.3, 0.4) is 0 Å². The van der Waals surface area contributed by atoms with Crippen molar-refractivity contribution in [3.8, 4) is 11.3 Å². The van der Waals surface area contributed by atoms with Crippen molar-refractivity contribution in [2.45, 2.75) is 32.8 Å². The van der Waals surface area contributed by atoms with E-state index in [0.717, 1.165) is 21.2 Å². The maximum atomic E-state index is 6.09. The number of nitrogens with zero attached hydrogens (tertiary/aromatic N) is 2. The molecule has 0 radical (unpaired) electrons. The molecule has 0 spiro atoms. The zero-order valence-electron chi connectivity index (χ0n) is 12.6. The Morgan fingerprint density at radius 3 is 2.43 bits per heavy atom. The summed E-state index contributed by atoms with van der Waals surface area (Å²) in [5.74, 6) is 1.14. The van der Waals surface area contributed by atoms with Gasteiger partial charge in [-0.3, -0.25) is 0 Å². The first-order valence-corrected chi connectivity index (χ1v) is 8.12. The fraction of sp³-hybridized carbons (Fsp3) is 0.375. The quantitative estimate of drug-likeness (QED) is 0.776. The molecule has 1 atom stereocenters. The van der Waals surface area contributed by atoms with Crippen LogP contribution >= 0.6 is 22.6 Å². The van der Waals surface area contributed by atoms with Gasteiger partial charge in [0, 0.05) is 12.2 Å². The predicted octanol–water partition coefficient (Wildman–Crippen LogP) is 3.99. The maximum absolute atomic E-state index is 6.09. The van der Waals surface area contributed by atoms with Crippen molar-refractivity contribution >= 4 is 28.4 Å². The first kappa shape index (κ1) is 16.2. The molecular weight excluding hydrogens is 377 g/mol. The molecule has 1 heterocycles. The van der Waals surface area contributed by atoms with Crippen molar-refractivity contribution in [1.29, 1.82) is 0 Å². The molecule has 0 aliphatic heterocycles. The van der Waals surface area contributed by atoms with E-state index in [2.05, 4.69) is 34.5 Å². The molecule has 0 saturated carbocycles. The molecule has 0 fully saturated rings. The van der Waals surface area contributed by atoms with Gasteiger partial charge in [-0.15, -0.1) is 0 Å². The van der Waals surface area contributed by atoms with Crippen molar-refractivity contribution in [2.24, 2.45) is 0 Å². The van der Waals surface area contributed by atoms with Gasteiger partial charge in [-0.2, -0.15) is 0 Å². The summed E-state index contributed by atoms with van der Waals surface area (Å²) < 4.78 is 6.74. The maximum Gasteiger partial charge on any atom is 0.162 e. The van der Waals surface area contributed by atoms with Crippen LogP contribution in [0.4, 0.5) is 5.82 Å². The molecule has 21 heavy (non-hydrogen) atoms. The summed E-state index contributed by atoms with van der Waals surface area (Å²) in [6.45, 7) is 6.66. The standard InChI is InChI=1S/C16H20IN3O/c1-4-16(3,21-5-2)15-19-13(12(17)14(18)20-15)11-9-7-6-8-10-11/h6-10H,4-5H2,1-3H3,(H2,18,19,20). The number of anilines is 1. The van der Waals surface area contributed by atoms with Crippen molar-refractivity contribution < 1.29 is 4.74 Å². The monoisotopic (exact) mass is 397 g/mol. The van der Waals surface area contributed by atoms with Crippen molar-refractivity contribution in [1.82, 2.24) is 9.97 Å². The van der Waals surface area contributed by atoms with Gasteiger partial charge in [0.25, 0.3) is 0 Å². The second-order valence-corrected chi connectivity index (χ2v) is 6.06. The number of nitrogens with two attached hydrogens (primary N) is 1. The summed E-state index contributed by atoms with van der Waals surface area (Å²) in [6, 6.07) is 10.0. The number of benzene rings is 1. The smallest absolute Gasteiger partial charge is 0.162 e. The summed E-state index contributed by atoms with van der Waals surface area (Å²) in [4.78, 5) is 9.20. The van der Waals surface area contributed by atoms with Crippen LogP contribution in [0.25, 0.3) is 11.3 Å². The van der Waals surface area contributed by atoms with Crippen molar-refractivity contribution in [3.63, 3.8) is 0 Å². The van der Waals surface area contributed by atoms with Crippen LogP contribution in [0.2, 0.25) is 0 Å². The number of hydrogen-bond donors (Lipinski definition) is 1. The largest absolute Gasteiger partial charge is 0.383 e. The first-order valence-electron chi connectivity index (χ1n) is 7.04. The molecule has 0 aliphatic carbocycles. The number of halogens is 1. The third-order valence-electron chi connectivity index (χ3n) is 3.53. The summed E-state index contributed by atoms with van der Waals surface area (Å²) >= 11 is 2.20. The summed E-state index contributed by atoms with van der Waals surface area (Å²) in [5.41, 5.74) is 7.47. The Balaban J connectivity index is 2.58. The Hall–Kier alpha value is -1.21. The van der Waals surface area contributed by atoms with Gasteiger partial charge in [0.15, 0.2) is 5.82 Å². The van der Waals surface area contributed by atoms with Crippen molar-refractivity contribution in [2.75, 3.05) is 12.3 Å². The van der Waals surface area contributed by atoms with Gasteiger partial charge in [-0.25, -0.2) is 9.97 Å². The first-order chi connectivity index (χ1) is 10.0. The number of rotatable bonds is 5. The highest BCUT2D eigenvalue weighted by atomic mass is 127. The molecule has 112 valence electrons. The highest BCUT2D eigenvalue weighted by Crippen LogP contribution is 2.32. The number of aromatic nitrogens is 2. The van der Waals surface area contributed by atoms with Crippen LogP contribution in [0.15, 0.2) is 30.3 Å². The van der Waals surface area contributed by atoms with Crippen molar-refractivity contribution in [3.05, 3.63) is 39.7 Å². The summed E-state index contributed by atoms with van der Waals surface area (Å²) in [5, 5.41) is 0. The number of nitrogen functional groups attached to an aromatic ring is 1.